The molecule has 1 fully saturated rings. The predicted octanol–water partition coefficient (Wildman–Crippen LogP) is 1.52. The number of aliphatic hydroxyl groups is 1. The molecule has 72 valence electrons. The maximum Gasteiger partial charge on any atom is 0.0777 e. The van der Waals surface area contributed by atoms with Gasteiger partial charge in [0.15, 0.2) is 0 Å². The van der Waals surface area contributed by atoms with E-state index in [9.17, 15) is 5.11 Å². The summed E-state index contributed by atoms with van der Waals surface area (Å²) in [5.74, 6) is 0.420. The first-order valence-electron chi connectivity index (χ1n) is 4.73. The van der Waals surface area contributed by atoms with Gasteiger partial charge in [-0.2, -0.15) is 0 Å². The highest BCUT2D eigenvalue weighted by molar-refractivity contribution is 4.98. The Morgan fingerprint density at radius 1 is 1.33 bits per heavy atom. The lowest BCUT2D eigenvalue weighted by molar-refractivity contribution is -0.0615. The van der Waals surface area contributed by atoms with Gasteiger partial charge in [-0.15, -0.1) is 0 Å². The normalized spacial score (nSPS) is 47.5. The maximum atomic E-state index is 10.0. The molecule has 0 spiro atoms. The number of hydrogen-bond acceptors (Lipinski definition) is 2. The van der Waals surface area contributed by atoms with Crippen molar-refractivity contribution in [3.8, 4) is 0 Å². The van der Waals surface area contributed by atoms with Gasteiger partial charge < -0.3 is 10.8 Å². The Hall–Kier alpha value is -0.0800. The van der Waals surface area contributed by atoms with Crippen LogP contribution >= 0.6 is 0 Å². The lowest BCUT2D eigenvalue weighted by Gasteiger charge is -2.47. The highest BCUT2D eigenvalue weighted by atomic mass is 16.3. The highest BCUT2D eigenvalue weighted by Gasteiger charge is 2.44. The standard InChI is InChI=1S/C10H21NO/c1-7-5-9(2,3)6-10(4,12)8(7)11/h7-8,12H,5-6,11H2,1-4H3. The summed E-state index contributed by atoms with van der Waals surface area (Å²) in [5.41, 5.74) is 5.48. The van der Waals surface area contributed by atoms with E-state index >= 15 is 0 Å². The summed E-state index contributed by atoms with van der Waals surface area (Å²) in [7, 11) is 0. The molecule has 0 aromatic rings. The number of rotatable bonds is 0. The molecule has 12 heavy (non-hydrogen) atoms. The third-order valence-corrected chi connectivity index (χ3v) is 3.04. The van der Waals surface area contributed by atoms with E-state index in [-0.39, 0.29) is 11.5 Å². The maximum absolute atomic E-state index is 10.0. The van der Waals surface area contributed by atoms with Crippen LogP contribution < -0.4 is 5.73 Å². The van der Waals surface area contributed by atoms with E-state index in [2.05, 4.69) is 20.8 Å². The van der Waals surface area contributed by atoms with Crippen molar-refractivity contribution >= 4 is 0 Å². The molecule has 0 saturated heterocycles. The van der Waals surface area contributed by atoms with Crippen molar-refractivity contribution in [2.24, 2.45) is 17.1 Å². The van der Waals surface area contributed by atoms with Crippen LogP contribution in [0.15, 0.2) is 0 Å². The molecule has 1 saturated carbocycles. The third-order valence-electron chi connectivity index (χ3n) is 3.04. The molecular formula is C10H21NO. The van der Waals surface area contributed by atoms with E-state index in [0.29, 0.717) is 5.92 Å². The second kappa shape index (κ2) is 2.71. The van der Waals surface area contributed by atoms with Crippen molar-refractivity contribution in [3.05, 3.63) is 0 Å². The van der Waals surface area contributed by atoms with Gasteiger partial charge in [-0.05, 0) is 31.1 Å². The molecule has 0 radical (unpaired) electrons. The molecule has 0 aromatic carbocycles. The van der Waals surface area contributed by atoms with Gasteiger partial charge in [-0.1, -0.05) is 20.8 Å². The zero-order valence-corrected chi connectivity index (χ0v) is 8.59. The van der Waals surface area contributed by atoms with Crippen LogP contribution in [0.1, 0.15) is 40.5 Å². The van der Waals surface area contributed by atoms with Crippen LogP contribution in [0.25, 0.3) is 0 Å². The zero-order valence-electron chi connectivity index (χ0n) is 8.59. The molecule has 0 aliphatic heterocycles. The summed E-state index contributed by atoms with van der Waals surface area (Å²) in [6.07, 6.45) is 1.93. The lowest BCUT2D eigenvalue weighted by atomic mass is 9.64. The van der Waals surface area contributed by atoms with Crippen molar-refractivity contribution in [2.45, 2.75) is 52.2 Å². The fourth-order valence-corrected chi connectivity index (χ4v) is 2.77. The SMILES string of the molecule is CC1CC(C)(C)CC(C)(O)C1N. The van der Waals surface area contributed by atoms with Crippen LogP contribution in [0, 0.1) is 11.3 Å². The van der Waals surface area contributed by atoms with Gasteiger partial charge in [0.1, 0.15) is 0 Å². The summed E-state index contributed by atoms with van der Waals surface area (Å²) >= 11 is 0. The van der Waals surface area contributed by atoms with Crippen molar-refractivity contribution in [3.63, 3.8) is 0 Å². The molecule has 0 aromatic heterocycles. The lowest BCUT2D eigenvalue weighted by Crippen LogP contribution is -2.56. The average molecular weight is 171 g/mol. The first-order chi connectivity index (χ1) is 5.25. The summed E-state index contributed by atoms with van der Waals surface area (Å²) in [4.78, 5) is 0. The van der Waals surface area contributed by atoms with E-state index in [1.54, 1.807) is 0 Å². The quantitative estimate of drug-likeness (QED) is 0.580. The molecule has 2 heteroatoms. The predicted molar refractivity (Wildman–Crippen MR) is 50.8 cm³/mol. The van der Waals surface area contributed by atoms with E-state index in [4.69, 9.17) is 5.73 Å². The molecule has 0 amide bonds. The minimum atomic E-state index is -0.679. The van der Waals surface area contributed by atoms with Crippen molar-refractivity contribution in [1.29, 1.82) is 0 Å². The van der Waals surface area contributed by atoms with Crippen molar-refractivity contribution in [2.75, 3.05) is 0 Å². The Balaban J connectivity index is 2.80. The molecule has 3 unspecified atom stereocenters. The molecule has 2 nitrogen and oxygen atoms in total. The van der Waals surface area contributed by atoms with Gasteiger partial charge in [-0.25, -0.2) is 0 Å². The van der Waals surface area contributed by atoms with Gasteiger partial charge in [0.25, 0.3) is 0 Å². The van der Waals surface area contributed by atoms with Crippen LogP contribution in [0.5, 0.6) is 0 Å². The molecule has 1 aliphatic rings. The monoisotopic (exact) mass is 171 g/mol. The Bertz CT molecular complexity index is 175. The molecule has 3 N–H and O–H groups in total. The van der Waals surface area contributed by atoms with E-state index in [0.717, 1.165) is 12.8 Å². The zero-order chi connectivity index (χ0) is 9.57. The summed E-state index contributed by atoms with van der Waals surface area (Å²) in [6.45, 7) is 8.38. The Morgan fingerprint density at radius 2 is 1.83 bits per heavy atom. The molecule has 1 rings (SSSR count). The second-order valence-corrected chi connectivity index (χ2v) is 5.41. The molecule has 0 heterocycles. The smallest absolute Gasteiger partial charge is 0.0777 e. The molecule has 3 atom stereocenters. The Labute approximate surface area is 75.2 Å². The summed E-state index contributed by atoms with van der Waals surface area (Å²) in [6, 6.07) is -0.0643. The van der Waals surface area contributed by atoms with Crippen LogP contribution in [0.2, 0.25) is 0 Å². The minimum absolute atomic E-state index is 0.0643. The second-order valence-electron chi connectivity index (χ2n) is 5.41. The fraction of sp³-hybridized carbons (Fsp3) is 1.00. The molecule has 0 bridgehead atoms. The van der Waals surface area contributed by atoms with E-state index < -0.39 is 5.60 Å². The van der Waals surface area contributed by atoms with Crippen LogP contribution in [-0.2, 0) is 0 Å². The summed E-state index contributed by atoms with van der Waals surface area (Å²) < 4.78 is 0. The van der Waals surface area contributed by atoms with Crippen molar-refractivity contribution < 1.29 is 5.11 Å². The number of nitrogens with two attached hydrogens (primary N) is 1. The first kappa shape index (κ1) is 10.0. The van der Waals surface area contributed by atoms with Crippen LogP contribution in [-0.4, -0.2) is 16.7 Å². The fourth-order valence-electron chi connectivity index (χ4n) is 2.77. The third kappa shape index (κ3) is 1.80. The van der Waals surface area contributed by atoms with E-state index in [1.807, 2.05) is 6.92 Å². The summed E-state index contributed by atoms with van der Waals surface area (Å²) in [5, 5.41) is 10.0. The average Bonchev–Trinajstić information content (AvgIpc) is 1.79. The highest BCUT2D eigenvalue weighted by Crippen LogP contribution is 2.42. The first-order valence-corrected chi connectivity index (χ1v) is 4.73. The van der Waals surface area contributed by atoms with Gasteiger partial charge in [-0.3, -0.25) is 0 Å². The van der Waals surface area contributed by atoms with Crippen molar-refractivity contribution in [1.82, 2.24) is 0 Å². The van der Waals surface area contributed by atoms with Gasteiger partial charge in [0.2, 0.25) is 0 Å². The van der Waals surface area contributed by atoms with Gasteiger partial charge in [0.05, 0.1) is 5.60 Å². The van der Waals surface area contributed by atoms with Crippen LogP contribution in [0.3, 0.4) is 0 Å². The Morgan fingerprint density at radius 3 is 2.25 bits per heavy atom. The molecular weight excluding hydrogens is 150 g/mol. The van der Waals surface area contributed by atoms with E-state index in [1.165, 1.54) is 0 Å². The Kier molecular flexibility index (Phi) is 2.26. The van der Waals surface area contributed by atoms with Gasteiger partial charge in [0, 0.05) is 6.04 Å². The largest absolute Gasteiger partial charge is 0.389 e. The minimum Gasteiger partial charge on any atom is -0.389 e. The topological polar surface area (TPSA) is 46.2 Å². The molecule has 1 aliphatic carbocycles. The van der Waals surface area contributed by atoms with Crippen LogP contribution in [0.4, 0.5) is 0 Å². The number of hydrogen-bond donors (Lipinski definition) is 2. The van der Waals surface area contributed by atoms with Gasteiger partial charge >= 0.3 is 0 Å².